The van der Waals surface area contributed by atoms with Crippen LogP contribution in [0.1, 0.15) is 57.6 Å². The Labute approximate surface area is 129 Å². The number of nitrogens with one attached hydrogen (secondary N) is 1. The van der Waals surface area contributed by atoms with Gasteiger partial charge in [-0.15, -0.1) is 0 Å². The van der Waals surface area contributed by atoms with E-state index < -0.39 is 0 Å². The van der Waals surface area contributed by atoms with Gasteiger partial charge in [0.2, 0.25) is 5.91 Å². The maximum atomic E-state index is 12.0. The second-order valence-electron chi connectivity index (χ2n) is 5.51. The molecule has 0 atom stereocenters. The topological polar surface area (TPSA) is 29.1 Å². The number of carbonyl (C=O) groups excluding carboxylic acids is 1. The minimum Gasteiger partial charge on any atom is -0.356 e. The molecule has 0 spiro atoms. The standard InChI is InChI=1S/C19H29NO/c1-5-10-17(18-12-9-8-11-15(18)4)13-14-20-19(21)16(6-2)7-3/h8-12,16H,5-7,13-14H2,1-4H3,(H,20,21)/b17-10-. The van der Waals surface area contributed by atoms with E-state index in [0.29, 0.717) is 0 Å². The summed E-state index contributed by atoms with van der Waals surface area (Å²) in [6.45, 7) is 9.16. The first-order valence-corrected chi connectivity index (χ1v) is 8.16. The number of rotatable bonds is 8. The maximum Gasteiger partial charge on any atom is 0.223 e. The van der Waals surface area contributed by atoms with Crippen molar-refractivity contribution in [2.45, 2.75) is 53.4 Å². The Kier molecular flexibility index (Phi) is 7.81. The lowest BCUT2D eigenvalue weighted by Gasteiger charge is -2.15. The summed E-state index contributed by atoms with van der Waals surface area (Å²) in [4.78, 5) is 12.0. The molecule has 1 aromatic rings. The summed E-state index contributed by atoms with van der Waals surface area (Å²) in [5, 5.41) is 3.08. The molecule has 2 nitrogen and oxygen atoms in total. The van der Waals surface area contributed by atoms with Crippen LogP contribution in [0.25, 0.3) is 5.57 Å². The van der Waals surface area contributed by atoms with Gasteiger partial charge in [0, 0.05) is 12.5 Å². The number of aryl methyl sites for hydroxylation is 1. The third kappa shape index (κ3) is 5.37. The Morgan fingerprint density at radius 2 is 1.86 bits per heavy atom. The molecule has 0 unspecified atom stereocenters. The highest BCUT2D eigenvalue weighted by Gasteiger charge is 2.13. The summed E-state index contributed by atoms with van der Waals surface area (Å²) in [5.74, 6) is 0.350. The smallest absolute Gasteiger partial charge is 0.223 e. The number of hydrogen-bond acceptors (Lipinski definition) is 1. The predicted molar refractivity (Wildman–Crippen MR) is 91.1 cm³/mol. The van der Waals surface area contributed by atoms with E-state index in [9.17, 15) is 4.79 Å². The Morgan fingerprint density at radius 3 is 2.43 bits per heavy atom. The lowest BCUT2D eigenvalue weighted by molar-refractivity contribution is -0.125. The van der Waals surface area contributed by atoms with E-state index in [4.69, 9.17) is 0 Å². The second-order valence-corrected chi connectivity index (χ2v) is 5.51. The quantitative estimate of drug-likeness (QED) is 0.735. The van der Waals surface area contributed by atoms with E-state index in [1.807, 2.05) is 0 Å². The molecule has 1 N–H and O–H groups in total. The highest BCUT2D eigenvalue weighted by atomic mass is 16.1. The van der Waals surface area contributed by atoms with Crippen molar-refractivity contribution in [2.75, 3.05) is 6.54 Å². The summed E-state index contributed by atoms with van der Waals surface area (Å²) in [7, 11) is 0. The van der Waals surface area contributed by atoms with E-state index in [1.165, 1.54) is 16.7 Å². The molecule has 116 valence electrons. The van der Waals surface area contributed by atoms with Crippen molar-refractivity contribution in [2.24, 2.45) is 5.92 Å². The molecule has 0 aliphatic rings. The van der Waals surface area contributed by atoms with E-state index in [-0.39, 0.29) is 11.8 Å². The van der Waals surface area contributed by atoms with Crippen molar-refractivity contribution in [3.8, 4) is 0 Å². The fraction of sp³-hybridized carbons (Fsp3) is 0.526. The van der Waals surface area contributed by atoms with Crippen LogP contribution < -0.4 is 5.32 Å². The van der Waals surface area contributed by atoms with Crippen LogP contribution in [0.2, 0.25) is 0 Å². The van der Waals surface area contributed by atoms with Crippen LogP contribution in [0.15, 0.2) is 30.3 Å². The predicted octanol–water partition coefficient (Wildman–Crippen LogP) is 4.73. The zero-order valence-corrected chi connectivity index (χ0v) is 13.9. The lowest BCUT2D eigenvalue weighted by atomic mass is 9.97. The average molecular weight is 287 g/mol. The minimum atomic E-state index is 0.155. The summed E-state index contributed by atoms with van der Waals surface area (Å²) >= 11 is 0. The molecule has 0 heterocycles. The molecule has 0 aliphatic heterocycles. The van der Waals surface area contributed by atoms with Gasteiger partial charge in [-0.3, -0.25) is 4.79 Å². The summed E-state index contributed by atoms with van der Waals surface area (Å²) in [6, 6.07) is 8.45. The van der Waals surface area contributed by atoms with E-state index in [1.54, 1.807) is 0 Å². The summed E-state index contributed by atoms with van der Waals surface area (Å²) in [5.41, 5.74) is 3.93. The Morgan fingerprint density at radius 1 is 1.19 bits per heavy atom. The van der Waals surface area contributed by atoms with Crippen molar-refractivity contribution in [1.82, 2.24) is 5.32 Å². The zero-order chi connectivity index (χ0) is 15.7. The number of carbonyl (C=O) groups is 1. The highest BCUT2D eigenvalue weighted by molar-refractivity contribution is 5.78. The minimum absolute atomic E-state index is 0.155. The molecule has 0 aliphatic carbocycles. The largest absolute Gasteiger partial charge is 0.356 e. The van der Waals surface area contributed by atoms with Gasteiger partial charge in [-0.05, 0) is 49.3 Å². The molecule has 0 fully saturated rings. The van der Waals surface area contributed by atoms with E-state index in [2.05, 4.69) is 63.4 Å². The van der Waals surface area contributed by atoms with Gasteiger partial charge < -0.3 is 5.32 Å². The van der Waals surface area contributed by atoms with Gasteiger partial charge in [0.05, 0.1) is 0 Å². The van der Waals surface area contributed by atoms with Crippen LogP contribution in [-0.2, 0) is 4.79 Å². The number of allylic oxidation sites excluding steroid dienone is 1. The molecule has 0 aromatic heterocycles. The van der Waals surface area contributed by atoms with Gasteiger partial charge in [0.25, 0.3) is 0 Å². The molecule has 2 heteroatoms. The molecule has 0 saturated carbocycles. The van der Waals surface area contributed by atoms with Crippen LogP contribution in [0, 0.1) is 12.8 Å². The van der Waals surface area contributed by atoms with Gasteiger partial charge in [0.1, 0.15) is 0 Å². The molecule has 0 bridgehead atoms. The maximum absolute atomic E-state index is 12.0. The molecular formula is C19H29NO. The first-order valence-electron chi connectivity index (χ1n) is 8.16. The number of amides is 1. The summed E-state index contributed by atoms with van der Waals surface area (Å²) < 4.78 is 0. The van der Waals surface area contributed by atoms with Crippen molar-refractivity contribution in [3.63, 3.8) is 0 Å². The van der Waals surface area contributed by atoms with Gasteiger partial charge in [-0.1, -0.05) is 51.1 Å². The molecule has 1 amide bonds. The van der Waals surface area contributed by atoms with Crippen LogP contribution in [0.5, 0.6) is 0 Å². The number of benzene rings is 1. The SMILES string of the molecule is CC/C=C(/CCNC(=O)C(CC)CC)c1ccccc1C. The normalized spacial score (nSPS) is 11.8. The van der Waals surface area contributed by atoms with Crippen LogP contribution >= 0.6 is 0 Å². The Balaban J connectivity index is 2.64. The fourth-order valence-electron chi connectivity index (χ4n) is 2.65. The van der Waals surface area contributed by atoms with E-state index >= 15 is 0 Å². The number of hydrogen-bond donors (Lipinski definition) is 1. The molecule has 0 radical (unpaired) electrons. The van der Waals surface area contributed by atoms with E-state index in [0.717, 1.165) is 32.2 Å². The van der Waals surface area contributed by atoms with Crippen molar-refractivity contribution in [1.29, 1.82) is 0 Å². The van der Waals surface area contributed by atoms with Crippen molar-refractivity contribution < 1.29 is 4.79 Å². The second kappa shape index (κ2) is 9.38. The van der Waals surface area contributed by atoms with Crippen LogP contribution in [0.3, 0.4) is 0 Å². The molecule has 0 saturated heterocycles. The fourth-order valence-corrected chi connectivity index (χ4v) is 2.65. The molecule has 1 aromatic carbocycles. The van der Waals surface area contributed by atoms with Crippen LogP contribution in [-0.4, -0.2) is 12.5 Å². The third-order valence-electron chi connectivity index (χ3n) is 3.99. The monoisotopic (exact) mass is 287 g/mol. The van der Waals surface area contributed by atoms with Gasteiger partial charge in [-0.25, -0.2) is 0 Å². The Hall–Kier alpha value is -1.57. The van der Waals surface area contributed by atoms with Gasteiger partial charge >= 0.3 is 0 Å². The molecular weight excluding hydrogens is 258 g/mol. The molecule has 21 heavy (non-hydrogen) atoms. The van der Waals surface area contributed by atoms with Gasteiger partial charge in [-0.2, -0.15) is 0 Å². The lowest BCUT2D eigenvalue weighted by Crippen LogP contribution is -2.31. The summed E-state index contributed by atoms with van der Waals surface area (Å²) in [6.07, 6.45) is 6.01. The first kappa shape index (κ1) is 17.5. The van der Waals surface area contributed by atoms with Crippen LogP contribution in [0.4, 0.5) is 0 Å². The Bertz CT molecular complexity index is 472. The third-order valence-corrected chi connectivity index (χ3v) is 3.99. The zero-order valence-electron chi connectivity index (χ0n) is 13.9. The average Bonchev–Trinajstić information content (AvgIpc) is 2.48. The highest BCUT2D eigenvalue weighted by Crippen LogP contribution is 2.22. The first-order chi connectivity index (χ1) is 10.1. The van der Waals surface area contributed by atoms with Gasteiger partial charge in [0.15, 0.2) is 0 Å². The molecule has 1 rings (SSSR count). The van der Waals surface area contributed by atoms with Crippen molar-refractivity contribution >= 4 is 11.5 Å². The van der Waals surface area contributed by atoms with Crippen molar-refractivity contribution in [3.05, 3.63) is 41.5 Å².